The molecule has 1 aromatic carbocycles. The Labute approximate surface area is 223 Å². The fourth-order valence-corrected chi connectivity index (χ4v) is 7.99. The molecule has 0 radical (unpaired) electrons. The van der Waals surface area contributed by atoms with E-state index in [1.165, 1.54) is 55.8 Å². The summed E-state index contributed by atoms with van der Waals surface area (Å²) in [4.78, 5) is 5.41. The molecule has 0 spiro atoms. The summed E-state index contributed by atoms with van der Waals surface area (Å²) in [5.41, 5.74) is 1.47. The third kappa shape index (κ3) is 7.93. The quantitative estimate of drug-likeness (QED) is 0.123. The van der Waals surface area contributed by atoms with Crippen molar-refractivity contribution in [2.24, 2.45) is 0 Å². The van der Waals surface area contributed by atoms with Crippen molar-refractivity contribution in [1.82, 2.24) is 0 Å². The summed E-state index contributed by atoms with van der Waals surface area (Å²) in [5.74, 6) is 2.93. The smallest absolute Gasteiger partial charge is 0.294 e. The van der Waals surface area contributed by atoms with Crippen molar-refractivity contribution in [3.8, 4) is 25.3 Å². The molecule has 4 nitrogen and oxygen atoms in total. The average Bonchev–Trinajstić information content (AvgIpc) is 3.61. The van der Waals surface area contributed by atoms with Crippen molar-refractivity contribution in [2.45, 2.75) is 37.0 Å². The highest BCUT2D eigenvalue weighted by Crippen LogP contribution is 2.41. The van der Waals surface area contributed by atoms with E-state index in [-0.39, 0.29) is 4.90 Å². The van der Waals surface area contributed by atoms with E-state index in [0.717, 1.165) is 25.0 Å². The molecule has 0 atom stereocenters. The molecule has 0 amide bonds. The first kappa shape index (κ1) is 26.4. The Morgan fingerprint density at radius 1 is 0.829 bits per heavy atom. The summed E-state index contributed by atoms with van der Waals surface area (Å²) in [6, 6.07) is 16.9. The van der Waals surface area contributed by atoms with Crippen LogP contribution in [0.2, 0.25) is 0 Å². The number of thiophene rings is 3. The Morgan fingerprint density at radius 3 is 2.23 bits per heavy atom. The second-order valence-electron chi connectivity index (χ2n) is 7.99. The second kappa shape index (κ2) is 13.1. The van der Waals surface area contributed by atoms with Crippen molar-refractivity contribution in [3.63, 3.8) is 0 Å². The van der Waals surface area contributed by atoms with Gasteiger partial charge in [0.1, 0.15) is 5.75 Å². The maximum absolute atomic E-state index is 11.1. The zero-order chi connectivity index (χ0) is 24.5. The minimum absolute atomic E-state index is 0.118. The van der Waals surface area contributed by atoms with Gasteiger partial charge in [0.2, 0.25) is 0 Å². The molecule has 0 saturated carbocycles. The molecule has 3 heterocycles. The molecular formula is C26H28O4S5. The lowest BCUT2D eigenvalue weighted by Crippen LogP contribution is -2.00. The van der Waals surface area contributed by atoms with Crippen LogP contribution in [0.5, 0.6) is 5.75 Å². The van der Waals surface area contributed by atoms with Gasteiger partial charge in [-0.25, -0.2) is 0 Å². The normalized spacial score (nSPS) is 11.7. The van der Waals surface area contributed by atoms with E-state index < -0.39 is 10.1 Å². The molecule has 4 aromatic rings. The van der Waals surface area contributed by atoms with Gasteiger partial charge >= 0.3 is 0 Å². The van der Waals surface area contributed by atoms with E-state index in [1.54, 1.807) is 23.5 Å². The van der Waals surface area contributed by atoms with Gasteiger partial charge in [0.05, 0.1) is 11.5 Å². The van der Waals surface area contributed by atoms with Gasteiger partial charge in [-0.3, -0.25) is 4.55 Å². The second-order valence-corrected chi connectivity index (χ2v) is 13.6. The number of ether oxygens (including phenoxy) is 1. The zero-order valence-corrected chi connectivity index (χ0v) is 23.3. The molecule has 0 aliphatic rings. The Hall–Kier alpha value is -1.62. The van der Waals surface area contributed by atoms with E-state index in [2.05, 4.69) is 41.1 Å². The predicted octanol–water partition coefficient (Wildman–Crippen LogP) is 8.37. The maximum Gasteiger partial charge on any atom is 0.294 e. The van der Waals surface area contributed by atoms with Gasteiger partial charge in [0.15, 0.2) is 0 Å². The minimum atomic E-state index is -4.15. The number of hydrogen-bond acceptors (Lipinski definition) is 7. The van der Waals surface area contributed by atoms with E-state index >= 15 is 0 Å². The van der Waals surface area contributed by atoms with Crippen molar-refractivity contribution in [1.29, 1.82) is 0 Å². The van der Waals surface area contributed by atoms with E-state index in [0.29, 0.717) is 12.4 Å². The lowest BCUT2D eigenvalue weighted by molar-refractivity contribution is 0.305. The molecule has 9 heteroatoms. The molecule has 0 unspecified atom stereocenters. The molecule has 0 aliphatic carbocycles. The fraction of sp³-hybridized carbons (Fsp3) is 0.308. The molecule has 0 saturated heterocycles. The van der Waals surface area contributed by atoms with Gasteiger partial charge in [-0.05, 0) is 89.6 Å². The number of unbranched alkanes of at least 4 members (excludes halogenated alkanes) is 3. The van der Waals surface area contributed by atoms with E-state index in [9.17, 15) is 8.42 Å². The summed E-state index contributed by atoms with van der Waals surface area (Å²) in [5, 5.41) is 4.30. The highest BCUT2D eigenvalue weighted by atomic mass is 32.2. The van der Waals surface area contributed by atoms with E-state index in [4.69, 9.17) is 9.29 Å². The monoisotopic (exact) mass is 564 g/mol. The van der Waals surface area contributed by atoms with Crippen LogP contribution >= 0.6 is 45.8 Å². The number of thioether (sulfide) groups is 1. The molecule has 186 valence electrons. The molecule has 3 aromatic heterocycles. The van der Waals surface area contributed by atoms with Crippen molar-refractivity contribution >= 4 is 55.9 Å². The Balaban J connectivity index is 1.11. The summed E-state index contributed by atoms with van der Waals surface area (Å²) in [6.07, 6.45) is 5.56. The Kier molecular flexibility index (Phi) is 9.88. The van der Waals surface area contributed by atoms with Crippen LogP contribution in [0.25, 0.3) is 19.5 Å². The molecule has 0 bridgehead atoms. The van der Waals surface area contributed by atoms with Crippen LogP contribution in [0.3, 0.4) is 0 Å². The third-order valence-electron chi connectivity index (χ3n) is 5.41. The minimum Gasteiger partial charge on any atom is -0.494 e. The van der Waals surface area contributed by atoms with Crippen molar-refractivity contribution < 1.29 is 17.7 Å². The standard InChI is InChI=1S/C26H28O4S5/c27-35(28,29)22-11-9-21(10-12-22)30-14-3-1-2-4-15-31-18-13-20-19-25(23-7-5-16-32-23)34-26(20)24-8-6-17-33-24/h5-12,16-17,19H,1-4,13-15,18H2,(H,27,28,29). The Morgan fingerprint density at radius 2 is 1.54 bits per heavy atom. The third-order valence-corrected chi connectivity index (χ3v) is 10.6. The molecule has 1 N–H and O–H groups in total. The average molecular weight is 565 g/mol. The molecule has 35 heavy (non-hydrogen) atoms. The number of benzene rings is 1. The van der Waals surface area contributed by atoms with Crippen LogP contribution < -0.4 is 4.74 Å². The summed E-state index contributed by atoms with van der Waals surface area (Å²) in [6.45, 7) is 0.606. The van der Waals surface area contributed by atoms with E-state index in [1.807, 2.05) is 34.4 Å². The highest BCUT2D eigenvalue weighted by molar-refractivity contribution is 7.99. The van der Waals surface area contributed by atoms with Gasteiger partial charge in [0.25, 0.3) is 10.1 Å². The SMILES string of the molecule is O=S(=O)(O)c1ccc(OCCCCCCSCCc2cc(-c3cccs3)sc2-c2cccs2)cc1. The molecular weight excluding hydrogens is 537 g/mol. The molecule has 4 rings (SSSR count). The van der Waals surface area contributed by atoms with Crippen LogP contribution in [-0.2, 0) is 16.5 Å². The predicted molar refractivity (Wildman–Crippen MR) is 152 cm³/mol. The van der Waals surface area contributed by atoms with Crippen LogP contribution in [0, 0.1) is 0 Å². The first-order valence-electron chi connectivity index (χ1n) is 11.5. The molecule has 0 fully saturated rings. The van der Waals surface area contributed by atoms with Crippen LogP contribution in [-0.4, -0.2) is 31.1 Å². The largest absolute Gasteiger partial charge is 0.494 e. The first-order valence-corrected chi connectivity index (χ1v) is 16.7. The van der Waals surface area contributed by atoms with Crippen molar-refractivity contribution in [3.05, 3.63) is 70.9 Å². The summed E-state index contributed by atoms with van der Waals surface area (Å²) >= 11 is 7.58. The van der Waals surface area contributed by atoms with Crippen molar-refractivity contribution in [2.75, 3.05) is 18.1 Å². The number of rotatable bonds is 14. The van der Waals surface area contributed by atoms with Gasteiger partial charge < -0.3 is 4.74 Å². The van der Waals surface area contributed by atoms with Gasteiger partial charge in [-0.15, -0.1) is 34.0 Å². The fourth-order valence-electron chi connectivity index (χ4n) is 3.61. The lowest BCUT2D eigenvalue weighted by atomic mass is 10.1. The van der Waals surface area contributed by atoms with Gasteiger partial charge in [-0.2, -0.15) is 20.2 Å². The maximum atomic E-state index is 11.1. The Bertz CT molecular complexity index is 1260. The van der Waals surface area contributed by atoms with Gasteiger partial charge in [0, 0.05) is 19.5 Å². The highest BCUT2D eigenvalue weighted by Gasteiger charge is 2.14. The van der Waals surface area contributed by atoms with Crippen LogP contribution in [0.1, 0.15) is 31.2 Å². The summed E-state index contributed by atoms with van der Waals surface area (Å²) < 4.78 is 36.8. The topological polar surface area (TPSA) is 63.6 Å². The van der Waals surface area contributed by atoms with Crippen LogP contribution in [0.4, 0.5) is 0 Å². The summed E-state index contributed by atoms with van der Waals surface area (Å²) in [7, 11) is -4.15. The molecule has 0 aliphatic heterocycles. The first-order chi connectivity index (χ1) is 17.0. The lowest BCUT2D eigenvalue weighted by Gasteiger charge is -2.07. The van der Waals surface area contributed by atoms with Crippen LogP contribution in [0.15, 0.2) is 70.3 Å². The van der Waals surface area contributed by atoms with Gasteiger partial charge in [-0.1, -0.05) is 25.0 Å². The number of aryl methyl sites for hydroxylation is 1. The zero-order valence-electron chi connectivity index (χ0n) is 19.2. The number of hydrogen-bond donors (Lipinski definition) is 1.